The first-order chi connectivity index (χ1) is 16.5. The van der Waals surface area contributed by atoms with Crippen LogP contribution in [0.15, 0.2) is 94.5 Å². The molecule has 1 amide bonds. The van der Waals surface area contributed by atoms with Crippen LogP contribution in [0.2, 0.25) is 0 Å². The highest BCUT2D eigenvalue weighted by Gasteiger charge is 2.27. The third-order valence-electron chi connectivity index (χ3n) is 5.60. The number of furan rings is 1. The summed E-state index contributed by atoms with van der Waals surface area (Å²) in [6, 6.07) is 22.3. The lowest BCUT2D eigenvalue weighted by Crippen LogP contribution is -2.43. The van der Waals surface area contributed by atoms with Gasteiger partial charge in [0.1, 0.15) is 17.4 Å². The van der Waals surface area contributed by atoms with E-state index in [0.717, 1.165) is 17.0 Å². The minimum Gasteiger partial charge on any atom is -0.497 e. The highest BCUT2D eigenvalue weighted by Crippen LogP contribution is 2.33. The molecule has 1 unspecified atom stereocenters. The highest BCUT2D eigenvalue weighted by atomic mass is 19.1. The van der Waals surface area contributed by atoms with Gasteiger partial charge >= 0.3 is 0 Å². The molecule has 34 heavy (non-hydrogen) atoms. The number of nitrogens with one attached hydrogen (secondary N) is 1. The monoisotopic (exact) mass is 456 g/mol. The molecule has 0 bridgehead atoms. The predicted molar refractivity (Wildman–Crippen MR) is 126 cm³/mol. The van der Waals surface area contributed by atoms with Gasteiger partial charge in [-0.1, -0.05) is 24.3 Å². The van der Waals surface area contributed by atoms with Crippen molar-refractivity contribution in [2.45, 2.75) is 6.17 Å². The van der Waals surface area contributed by atoms with Crippen molar-refractivity contribution < 1.29 is 18.3 Å². The number of amides is 1. The van der Waals surface area contributed by atoms with E-state index in [-0.39, 0.29) is 5.56 Å². The maximum atomic E-state index is 13.9. The van der Waals surface area contributed by atoms with Gasteiger partial charge in [-0.2, -0.15) is 0 Å². The number of rotatable bonds is 5. The van der Waals surface area contributed by atoms with Crippen LogP contribution in [0.3, 0.4) is 0 Å². The molecule has 0 fully saturated rings. The van der Waals surface area contributed by atoms with Gasteiger partial charge < -0.3 is 25.1 Å². The molecule has 1 aliphatic heterocycles. The Morgan fingerprint density at radius 3 is 2.50 bits per heavy atom. The fraction of sp³-hybridized carbons (Fsp3) is 0.0769. The normalized spacial score (nSPS) is 14.8. The molecule has 0 spiro atoms. The van der Waals surface area contributed by atoms with E-state index >= 15 is 0 Å². The highest BCUT2D eigenvalue weighted by molar-refractivity contribution is 6.04. The first-order valence-electron chi connectivity index (χ1n) is 10.6. The number of nitrogens with two attached hydrogens (primary N) is 1. The predicted octanol–water partition coefficient (Wildman–Crippen LogP) is 3.54. The number of halogens is 1. The van der Waals surface area contributed by atoms with Crippen molar-refractivity contribution in [3.63, 3.8) is 0 Å². The number of nitrogens with zero attached hydrogens (tertiary/aromatic N) is 2. The minimum absolute atomic E-state index is 0.0222. The van der Waals surface area contributed by atoms with Crippen molar-refractivity contribution in [2.24, 2.45) is 10.7 Å². The van der Waals surface area contributed by atoms with Gasteiger partial charge in [-0.25, -0.2) is 9.38 Å². The second-order valence-corrected chi connectivity index (χ2v) is 7.65. The van der Waals surface area contributed by atoms with Crippen molar-refractivity contribution >= 4 is 23.1 Å². The summed E-state index contributed by atoms with van der Waals surface area (Å²) in [6.45, 7) is 0. The molecule has 8 heteroatoms. The number of ether oxygens (including phenoxy) is 1. The van der Waals surface area contributed by atoms with Crippen molar-refractivity contribution in [3.8, 4) is 5.75 Å². The van der Waals surface area contributed by atoms with E-state index in [0.29, 0.717) is 22.3 Å². The number of benzene rings is 3. The molecule has 7 nitrogen and oxygen atoms in total. The Hall–Kier alpha value is -4.59. The Kier molecular flexibility index (Phi) is 5.47. The van der Waals surface area contributed by atoms with Gasteiger partial charge in [0.05, 0.1) is 24.2 Å². The van der Waals surface area contributed by atoms with Gasteiger partial charge in [0.2, 0.25) is 5.55 Å². The molecule has 170 valence electrons. The molecule has 2 heterocycles. The quantitative estimate of drug-likeness (QED) is 0.479. The van der Waals surface area contributed by atoms with Crippen molar-refractivity contribution in [2.75, 3.05) is 17.3 Å². The summed E-state index contributed by atoms with van der Waals surface area (Å²) >= 11 is 0. The van der Waals surface area contributed by atoms with E-state index < -0.39 is 17.9 Å². The van der Waals surface area contributed by atoms with Crippen LogP contribution in [0, 0.1) is 5.82 Å². The van der Waals surface area contributed by atoms with Crippen LogP contribution in [-0.4, -0.2) is 13.0 Å². The van der Waals surface area contributed by atoms with Crippen molar-refractivity contribution in [1.82, 2.24) is 0 Å². The fourth-order valence-corrected chi connectivity index (χ4v) is 3.86. The molecule has 0 aliphatic carbocycles. The molecule has 0 radical (unpaired) electrons. The largest absolute Gasteiger partial charge is 0.497 e. The van der Waals surface area contributed by atoms with E-state index in [1.54, 1.807) is 37.6 Å². The summed E-state index contributed by atoms with van der Waals surface area (Å²) in [7, 11) is 1.61. The maximum absolute atomic E-state index is 13.9. The van der Waals surface area contributed by atoms with Crippen LogP contribution in [0.25, 0.3) is 5.82 Å². The van der Waals surface area contributed by atoms with E-state index in [4.69, 9.17) is 19.9 Å². The molecule has 5 rings (SSSR count). The molecule has 0 saturated heterocycles. The lowest BCUT2D eigenvalue weighted by atomic mass is 10.1. The van der Waals surface area contributed by atoms with E-state index in [1.165, 1.54) is 18.2 Å². The van der Waals surface area contributed by atoms with Crippen LogP contribution < -0.4 is 31.5 Å². The Bertz CT molecular complexity index is 1460. The maximum Gasteiger partial charge on any atom is 0.258 e. The number of hydrogen-bond acceptors (Lipinski definition) is 6. The molecular formula is C26H21FN4O3. The average Bonchev–Trinajstić information content (AvgIpc) is 3.34. The molecule has 1 aliphatic rings. The van der Waals surface area contributed by atoms with Gasteiger partial charge in [0, 0.05) is 11.4 Å². The first kappa shape index (κ1) is 21.3. The van der Waals surface area contributed by atoms with Crippen LogP contribution in [-0.2, 0) is 0 Å². The SMILES string of the molecule is COc1ccc(C2N=c3occc3=C(N)N2c2ccc(NC(=O)c3ccccc3F)cc2)cc1. The first-order valence-corrected chi connectivity index (χ1v) is 10.6. The van der Waals surface area contributed by atoms with Gasteiger partial charge in [0.25, 0.3) is 5.91 Å². The number of carbonyl (C=O) groups is 1. The summed E-state index contributed by atoms with van der Waals surface area (Å²) in [4.78, 5) is 19.1. The third-order valence-corrected chi connectivity index (χ3v) is 5.60. The zero-order valence-corrected chi connectivity index (χ0v) is 18.2. The number of anilines is 2. The topological polar surface area (TPSA) is 93.1 Å². The molecule has 0 saturated carbocycles. The molecule has 1 aromatic heterocycles. The summed E-state index contributed by atoms with van der Waals surface area (Å²) in [5.41, 5.74) is 9.16. The lowest BCUT2D eigenvalue weighted by molar-refractivity contribution is 0.102. The van der Waals surface area contributed by atoms with E-state index in [2.05, 4.69) is 5.32 Å². The Morgan fingerprint density at radius 2 is 1.79 bits per heavy atom. The molecular weight excluding hydrogens is 435 g/mol. The number of carbonyl (C=O) groups excluding carboxylic acids is 1. The molecule has 4 aromatic rings. The van der Waals surface area contributed by atoms with Crippen LogP contribution in [0.4, 0.5) is 15.8 Å². The van der Waals surface area contributed by atoms with Gasteiger partial charge in [-0.3, -0.25) is 4.79 Å². The van der Waals surface area contributed by atoms with Gasteiger partial charge in [-0.05, 0) is 60.2 Å². The zero-order chi connectivity index (χ0) is 23.7. The molecule has 1 atom stereocenters. The molecule has 3 aromatic carbocycles. The second-order valence-electron chi connectivity index (χ2n) is 7.65. The van der Waals surface area contributed by atoms with Crippen LogP contribution in [0.1, 0.15) is 22.1 Å². The Balaban J connectivity index is 1.48. The van der Waals surface area contributed by atoms with E-state index in [9.17, 15) is 9.18 Å². The number of hydrogen-bond donors (Lipinski definition) is 2. The number of fused-ring (bicyclic) bond motifs is 1. The Morgan fingerprint density at radius 1 is 1.06 bits per heavy atom. The minimum atomic E-state index is -0.577. The smallest absolute Gasteiger partial charge is 0.258 e. The van der Waals surface area contributed by atoms with E-state index in [1.807, 2.05) is 41.3 Å². The van der Waals surface area contributed by atoms with Gasteiger partial charge in [-0.15, -0.1) is 0 Å². The number of methoxy groups -OCH3 is 1. The van der Waals surface area contributed by atoms with Crippen LogP contribution in [0.5, 0.6) is 5.75 Å². The molecule has 3 N–H and O–H groups in total. The lowest BCUT2D eigenvalue weighted by Gasteiger charge is -2.33. The van der Waals surface area contributed by atoms with Crippen molar-refractivity contribution in [3.05, 3.63) is 113 Å². The second kappa shape index (κ2) is 8.74. The van der Waals surface area contributed by atoms with Crippen LogP contribution >= 0.6 is 0 Å². The summed E-state index contributed by atoms with van der Waals surface area (Å²) in [5.74, 6) is 0.121. The average molecular weight is 456 g/mol. The summed E-state index contributed by atoms with van der Waals surface area (Å²) in [5, 5.41) is 3.42. The Labute approximate surface area is 194 Å². The fourth-order valence-electron chi connectivity index (χ4n) is 3.86. The summed E-state index contributed by atoms with van der Waals surface area (Å²) in [6.07, 6.45) is 1.08. The standard InChI is InChI=1S/C26H21FN4O3/c1-33-19-12-6-16(7-13-19)24-30-26-21(14-15-34-26)23(28)31(24)18-10-8-17(9-11-18)29-25(32)20-4-2-3-5-22(20)27/h2-15,24H,28H2,1H3,(H,29,32). The van der Waals surface area contributed by atoms with Crippen molar-refractivity contribution in [1.29, 1.82) is 0 Å². The third kappa shape index (κ3) is 3.86. The zero-order valence-electron chi connectivity index (χ0n) is 18.2. The van der Waals surface area contributed by atoms with Gasteiger partial charge in [0.15, 0.2) is 6.17 Å². The summed E-state index contributed by atoms with van der Waals surface area (Å²) < 4.78 is 24.7.